The van der Waals surface area contributed by atoms with Crippen LogP contribution in [-0.4, -0.2) is 26.6 Å². The normalized spacial score (nSPS) is 10.6. The molecule has 1 N–H and O–H groups in total. The molecule has 7 heteroatoms. The lowest BCUT2D eigenvalue weighted by Gasteiger charge is -2.15. The van der Waals surface area contributed by atoms with Crippen LogP contribution in [-0.2, 0) is 6.42 Å². The Labute approximate surface area is 140 Å². The number of hydrogen-bond acceptors (Lipinski definition) is 4. The van der Waals surface area contributed by atoms with Gasteiger partial charge in [-0.3, -0.25) is 9.59 Å². The monoisotopic (exact) mass is 378 g/mol. The molecule has 1 heterocycles. The first-order valence-corrected chi connectivity index (χ1v) is 7.88. The fourth-order valence-corrected chi connectivity index (χ4v) is 2.55. The summed E-state index contributed by atoms with van der Waals surface area (Å²) in [5.41, 5.74) is -0.575. The summed E-state index contributed by atoms with van der Waals surface area (Å²) in [5.74, 6) is -1.84. The van der Waals surface area contributed by atoms with Crippen molar-refractivity contribution in [3.05, 3.63) is 55.9 Å². The molecule has 0 atom stereocenters. The number of carboxylic acid groups (broad SMARTS) is 1. The minimum absolute atomic E-state index is 0.0923. The highest BCUT2D eigenvalue weighted by Gasteiger charge is 2.24. The topological polar surface area (TPSA) is 89.3 Å². The van der Waals surface area contributed by atoms with E-state index in [0.29, 0.717) is 17.8 Å². The Kier molecular flexibility index (Phi) is 5.10. The first-order chi connectivity index (χ1) is 10.9. The third kappa shape index (κ3) is 3.24. The molecule has 0 saturated heterocycles. The van der Waals surface area contributed by atoms with Crippen LogP contribution in [0.5, 0.6) is 0 Å². The number of carbonyl (C=O) groups is 2. The van der Waals surface area contributed by atoms with E-state index in [1.54, 1.807) is 38.1 Å². The zero-order valence-electron chi connectivity index (χ0n) is 12.7. The van der Waals surface area contributed by atoms with Crippen LogP contribution in [0.3, 0.4) is 0 Å². The van der Waals surface area contributed by atoms with Gasteiger partial charge in [0, 0.05) is 10.9 Å². The van der Waals surface area contributed by atoms with Gasteiger partial charge in [-0.2, -0.15) is 5.10 Å². The Morgan fingerprint density at radius 3 is 2.30 bits per heavy atom. The first-order valence-electron chi connectivity index (χ1n) is 7.09. The van der Waals surface area contributed by atoms with Gasteiger partial charge in [-0.15, -0.1) is 0 Å². The Morgan fingerprint density at radius 2 is 1.83 bits per heavy atom. The lowest BCUT2D eigenvalue weighted by molar-refractivity contribution is 0.0686. The van der Waals surface area contributed by atoms with E-state index in [0.717, 1.165) is 4.47 Å². The highest BCUT2D eigenvalue weighted by atomic mass is 79.9. The Bertz CT molecular complexity index is 825. The molecule has 0 fully saturated rings. The second kappa shape index (κ2) is 6.87. The highest BCUT2D eigenvalue weighted by Crippen LogP contribution is 2.17. The predicted octanol–water partition coefficient (Wildman–Crippen LogP) is 2.85. The number of halogens is 1. The van der Waals surface area contributed by atoms with E-state index in [1.165, 1.54) is 4.68 Å². The van der Waals surface area contributed by atoms with Gasteiger partial charge in [0.25, 0.3) is 0 Å². The van der Waals surface area contributed by atoms with Crippen molar-refractivity contribution >= 4 is 27.7 Å². The number of benzene rings is 1. The van der Waals surface area contributed by atoms with E-state index < -0.39 is 17.1 Å². The minimum atomic E-state index is -1.45. The summed E-state index contributed by atoms with van der Waals surface area (Å²) in [7, 11) is 0. The maximum absolute atomic E-state index is 12.3. The smallest absolute Gasteiger partial charge is 0.360 e. The molecular formula is C16H15BrN2O4. The molecule has 0 spiro atoms. The molecule has 0 aliphatic heterocycles. The SMILES string of the molecule is CCC(=O)c1c(CC)n(-c2ccc(Br)cc2)nc(C(=O)O)c1=O. The molecule has 120 valence electrons. The van der Waals surface area contributed by atoms with Crippen LogP contribution in [0.15, 0.2) is 33.5 Å². The van der Waals surface area contributed by atoms with E-state index in [2.05, 4.69) is 21.0 Å². The van der Waals surface area contributed by atoms with Crippen molar-refractivity contribution < 1.29 is 14.7 Å². The molecule has 1 aromatic carbocycles. The van der Waals surface area contributed by atoms with Crippen LogP contribution in [0, 0.1) is 0 Å². The number of nitrogens with zero attached hydrogens (tertiary/aromatic N) is 2. The highest BCUT2D eigenvalue weighted by molar-refractivity contribution is 9.10. The molecule has 0 unspecified atom stereocenters. The Balaban J connectivity index is 2.87. The number of hydrogen-bond donors (Lipinski definition) is 1. The van der Waals surface area contributed by atoms with E-state index in [4.69, 9.17) is 0 Å². The van der Waals surface area contributed by atoms with Gasteiger partial charge in [-0.05, 0) is 30.7 Å². The van der Waals surface area contributed by atoms with Gasteiger partial charge in [0.15, 0.2) is 5.78 Å². The number of carbonyl (C=O) groups excluding carboxylic acids is 1. The second-order valence-corrected chi connectivity index (χ2v) is 5.74. The van der Waals surface area contributed by atoms with Gasteiger partial charge >= 0.3 is 5.97 Å². The van der Waals surface area contributed by atoms with Crippen LogP contribution in [0.25, 0.3) is 5.69 Å². The summed E-state index contributed by atoms with van der Waals surface area (Å²) >= 11 is 3.32. The number of ketones is 1. The first kappa shape index (κ1) is 17.1. The number of aromatic carboxylic acids is 1. The van der Waals surface area contributed by atoms with Crippen molar-refractivity contribution in [1.29, 1.82) is 0 Å². The summed E-state index contributed by atoms with van der Waals surface area (Å²) in [6.45, 7) is 3.42. The standard InChI is InChI=1S/C16H15BrN2O4/c1-3-11-13(12(20)4-2)15(21)14(16(22)23)18-19(11)10-7-5-9(17)6-8-10/h5-8H,3-4H2,1-2H3,(H,22,23). The lowest BCUT2D eigenvalue weighted by Crippen LogP contribution is -2.30. The summed E-state index contributed by atoms with van der Waals surface area (Å²) in [4.78, 5) is 35.9. The minimum Gasteiger partial charge on any atom is -0.476 e. The van der Waals surface area contributed by atoms with Gasteiger partial charge in [-0.1, -0.05) is 29.8 Å². The number of carboxylic acids is 1. The lowest BCUT2D eigenvalue weighted by atomic mass is 10.0. The Morgan fingerprint density at radius 1 is 1.22 bits per heavy atom. The van der Waals surface area contributed by atoms with Crippen LogP contribution >= 0.6 is 15.9 Å². The van der Waals surface area contributed by atoms with Crippen LogP contribution in [0.1, 0.15) is 46.8 Å². The van der Waals surface area contributed by atoms with Gasteiger partial charge in [0.1, 0.15) is 0 Å². The fraction of sp³-hybridized carbons (Fsp3) is 0.250. The maximum atomic E-state index is 12.3. The summed E-state index contributed by atoms with van der Waals surface area (Å²) in [5, 5.41) is 13.2. The molecule has 0 saturated carbocycles. The largest absolute Gasteiger partial charge is 0.476 e. The zero-order chi connectivity index (χ0) is 17.1. The van der Waals surface area contributed by atoms with E-state index in [9.17, 15) is 19.5 Å². The third-order valence-corrected chi connectivity index (χ3v) is 3.92. The molecule has 0 bridgehead atoms. The molecule has 6 nitrogen and oxygen atoms in total. The number of aromatic nitrogens is 2. The van der Waals surface area contributed by atoms with Gasteiger partial charge in [0.2, 0.25) is 11.1 Å². The van der Waals surface area contributed by atoms with Crippen molar-refractivity contribution in [2.45, 2.75) is 26.7 Å². The second-order valence-electron chi connectivity index (χ2n) is 4.82. The van der Waals surface area contributed by atoms with Crippen molar-refractivity contribution in [3.63, 3.8) is 0 Å². The molecule has 0 radical (unpaired) electrons. The average Bonchev–Trinajstić information content (AvgIpc) is 2.54. The van der Waals surface area contributed by atoms with Crippen molar-refractivity contribution in [3.8, 4) is 5.69 Å². The van der Waals surface area contributed by atoms with Crippen LogP contribution in [0.2, 0.25) is 0 Å². The van der Waals surface area contributed by atoms with Gasteiger partial charge < -0.3 is 5.11 Å². The maximum Gasteiger partial charge on any atom is 0.360 e. The van der Waals surface area contributed by atoms with Crippen LogP contribution in [0.4, 0.5) is 0 Å². The molecule has 0 aliphatic carbocycles. The number of rotatable bonds is 5. The fourth-order valence-electron chi connectivity index (χ4n) is 2.29. The van der Waals surface area contributed by atoms with E-state index >= 15 is 0 Å². The summed E-state index contributed by atoms with van der Waals surface area (Å²) < 4.78 is 2.21. The zero-order valence-corrected chi connectivity index (χ0v) is 14.3. The quantitative estimate of drug-likeness (QED) is 0.807. The molecule has 2 aromatic rings. The summed E-state index contributed by atoms with van der Waals surface area (Å²) in [6, 6.07) is 7.01. The van der Waals surface area contributed by atoms with Gasteiger partial charge in [-0.25, -0.2) is 9.48 Å². The Hall–Kier alpha value is -2.28. The molecule has 2 rings (SSSR count). The van der Waals surface area contributed by atoms with E-state index in [-0.39, 0.29) is 17.8 Å². The number of Topliss-reactive ketones (excluding diaryl/α,β-unsaturated/α-hetero) is 1. The average molecular weight is 379 g/mol. The molecule has 0 aliphatic rings. The molecule has 0 amide bonds. The van der Waals surface area contributed by atoms with Crippen molar-refractivity contribution in [1.82, 2.24) is 9.78 Å². The van der Waals surface area contributed by atoms with Crippen molar-refractivity contribution in [2.75, 3.05) is 0 Å². The molecule has 1 aromatic heterocycles. The molecule has 23 heavy (non-hydrogen) atoms. The predicted molar refractivity (Wildman–Crippen MR) is 88.5 cm³/mol. The summed E-state index contributed by atoms with van der Waals surface area (Å²) in [6.07, 6.45) is 0.491. The molecular weight excluding hydrogens is 364 g/mol. The van der Waals surface area contributed by atoms with Crippen molar-refractivity contribution in [2.24, 2.45) is 0 Å². The van der Waals surface area contributed by atoms with E-state index in [1.807, 2.05) is 0 Å². The van der Waals surface area contributed by atoms with Gasteiger partial charge in [0.05, 0.1) is 16.9 Å². The third-order valence-electron chi connectivity index (χ3n) is 3.40. The van der Waals surface area contributed by atoms with Crippen LogP contribution < -0.4 is 5.43 Å².